The van der Waals surface area contributed by atoms with E-state index in [1.54, 1.807) is 0 Å². The Balaban J connectivity index is 1.81. The van der Waals surface area contributed by atoms with E-state index in [-0.39, 0.29) is 12.0 Å². The molecule has 0 aliphatic carbocycles. The number of hydrogen-bond acceptors (Lipinski definition) is 4. The average molecular weight is 271 g/mol. The van der Waals surface area contributed by atoms with E-state index in [1.807, 2.05) is 0 Å². The maximum absolute atomic E-state index is 9.57. The standard InChI is InChI=1S/C15H29NO3/c1-13(2)19-8-6-14-5-3-4-7-16(14)9-15(10-17)11-18-12-15/h13-14,17H,3-12H2,1-2H3. The van der Waals surface area contributed by atoms with E-state index < -0.39 is 0 Å². The lowest BCUT2D eigenvalue weighted by atomic mass is 9.84. The molecule has 1 atom stereocenters. The van der Waals surface area contributed by atoms with Crippen LogP contribution in [0, 0.1) is 5.41 Å². The van der Waals surface area contributed by atoms with Crippen molar-refractivity contribution in [2.75, 3.05) is 39.5 Å². The molecule has 0 radical (unpaired) electrons. The van der Waals surface area contributed by atoms with Crippen LogP contribution in [-0.4, -0.2) is 61.7 Å². The van der Waals surface area contributed by atoms with Crippen molar-refractivity contribution < 1.29 is 14.6 Å². The van der Waals surface area contributed by atoms with E-state index in [4.69, 9.17) is 9.47 Å². The first-order valence-corrected chi connectivity index (χ1v) is 7.69. The van der Waals surface area contributed by atoms with Gasteiger partial charge in [-0.05, 0) is 39.7 Å². The minimum Gasteiger partial charge on any atom is -0.396 e. The molecule has 2 fully saturated rings. The number of aliphatic hydroxyl groups is 1. The second kappa shape index (κ2) is 7.02. The predicted molar refractivity (Wildman–Crippen MR) is 75.3 cm³/mol. The van der Waals surface area contributed by atoms with E-state index in [2.05, 4.69) is 18.7 Å². The number of hydrogen-bond donors (Lipinski definition) is 1. The first kappa shape index (κ1) is 15.2. The highest BCUT2D eigenvalue weighted by Gasteiger charge is 2.41. The van der Waals surface area contributed by atoms with Crippen LogP contribution in [0.15, 0.2) is 0 Å². The largest absolute Gasteiger partial charge is 0.396 e. The van der Waals surface area contributed by atoms with Crippen molar-refractivity contribution in [1.82, 2.24) is 4.90 Å². The first-order valence-electron chi connectivity index (χ1n) is 7.69. The summed E-state index contributed by atoms with van der Waals surface area (Å²) in [6.45, 7) is 8.85. The van der Waals surface area contributed by atoms with Gasteiger partial charge in [-0.3, -0.25) is 4.90 Å². The highest BCUT2D eigenvalue weighted by Crippen LogP contribution is 2.31. The summed E-state index contributed by atoms with van der Waals surface area (Å²) in [4.78, 5) is 2.56. The molecule has 0 amide bonds. The monoisotopic (exact) mass is 271 g/mol. The van der Waals surface area contributed by atoms with E-state index in [0.717, 1.165) is 39.3 Å². The maximum Gasteiger partial charge on any atom is 0.0579 e. The summed E-state index contributed by atoms with van der Waals surface area (Å²) >= 11 is 0. The second-order valence-corrected chi connectivity index (χ2v) is 6.48. The highest BCUT2D eigenvalue weighted by molar-refractivity contribution is 4.91. The Morgan fingerprint density at radius 3 is 2.74 bits per heavy atom. The average Bonchev–Trinajstić information content (AvgIpc) is 2.35. The molecule has 19 heavy (non-hydrogen) atoms. The number of piperidine rings is 1. The second-order valence-electron chi connectivity index (χ2n) is 6.48. The van der Waals surface area contributed by atoms with Crippen molar-refractivity contribution in [1.29, 1.82) is 0 Å². The molecule has 4 heteroatoms. The minimum absolute atomic E-state index is 0.00843. The molecule has 4 nitrogen and oxygen atoms in total. The third-order valence-corrected chi connectivity index (χ3v) is 4.34. The third-order valence-electron chi connectivity index (χ3n) is 4.34. The summed E-state index contributed by atoms with van der Waals surface area (Å²) in [5, 5.41) is 9.57. The van der Waals surface area contributed by atoms with E-state index in [0.29, 0.717) is 12.1 Å². The zero-order chi connectivity index (χ0) is 13.7. The first-order chi connectivity index (χ1) is 9.15. The zero-order valence-corrected chi connectivity index (χ0v) is 12.4. The topological polar surface area (TPSA) is 41.9 Å². The van der Waals surface area contributed by atoms with Crippen LogP contribution in [0.25, 0.3) is 0 Å². The predicted octanol–water partition coefficient (Wildman–Crippen LogP) is 1.66. The fourth-order valence-electron chi connectivity index (χ4n) is 3.09. The number of ether oxygens (including phenoxy) is 2. The lowest BCUT2D eigenvalue weighted by Crippen LogP contribution is -2.56. The van der Waals surface area contributed by atoms with Crippen LogP contribution in [-0.2, 0) is 9.47 Å². The maximum atomic E-state index is 9.57. The summed E-state index contributed by atoms with van der Waals surface area (Å²) in [5.41, 5.74) is 0.00843. The van der Waals surface area contributed by atoms with Gasteiger partial charge in [0.05, 0.1) is 31.3 Å². The summed E-state index contributed by atoms with van der Waals surface area (Å²) in [6.07, 6.45) is 5.31. The molecule has 0 aromatic heterocycles. The Morgan fingerprint density at radius 1 is 1.37 bits per heavy atom. The minimum atomic E-state index is 0.00843. The van der Waals surface area contributed by atoms with E-state index >= 15 is 0 Å². The highest BCUT2D eigenvalue weighted by atomic mass is 16.5. The van der Waals surface area contributed by atoms with Gasteiger partial charge in [-0.15, -0.1) is 0 Å². The molecule has 2 saturated heterocycles. The molecule has 2 heterocycles. The zero-order valence-electron chi connectivity index (χ0n) is 12.4. The molecule has 1 N–H and O–H groups in total. The van der Waals surface area contributed by atoms with Gasteiger partial charge in [-0.25, -0.2) is 0 Å². The summed E-state index contributed by atoms with van der Waals surface area (Å²) in [7, 11) is 0. The van der Waals surface area contributed by atoms with Gasteiger partial charge in [-0.1, -0.05) is 6.42 Å². The molecule has 2 aliphatic heterocycles. The van der Waals surface area contributed by atoms with Crippen molar-refractivity contribution in [2.24, 2.45) is 5.41 Å². The molecule has 0 aromatic rings. The number of rotatable bonds is 7. The SMILES string of the molecule is CC(C)OCCC1CCCCN1CC1(CO)COC1. The normalized spacial score (nSPS) is 27.5. The molecule has 0 saturated carbocycles. The summed E-state index contributed by atoms with van der Waals surface area (Å²) in [6, 6.07) is 0.622. The van der Waals surface area contributed by atoms with Crippen LogP contribution in [0.2, 0.25) is 0 Å². The van der Waals surface area contributed by atoms with Crippen LogP contribution >= 0.6 is 0 Å². The van der Waals surface area contributed by atoms with Crippen LogP contribution in [0.3, 0.4) is 0 Å². The molecular weight excluding hydrogens is 242 g/mol. The van der Waals surface area contributed by atoms with Gasteiger partial charge < -0.3 is 14.6 Å². The van der Waals surface area contributed by atoms with Crippen molar-refractivity contribution in [3.63, 3.8) is 0 Å². The molecular formula is C15H29NO3. The Labute approximate surface area is 117 Å². The van der Waals surface area contributed by atoms with Crippen molar-refractivity contribution in [3.8, 4) is 0 Å². The quantitative estimate of drug-likeness (QED) is 0.765. The number of nitrogens with zero attached hydrogens (tertiary/aromatic N) is 1. The molecule has 1 unspecified atom stereocenters. The number of aliphatic hydroxyl groups excluding tert-OH is 1. The van der Waals surface area contributed by atoms with Crippen molar-refractivity contribution in [3.05, 3.63) is 0 Å². The Kier molecular flexibility index (Phi) is 5.63. The fraction of sp³-hybridized carbons (Fsp3) is 1.00. The fourth-order valence-corrected chi connectivity index (χ4v) is 3.09. The van der Waals surface area contributed by atoms with E-state index in [9.17, 15) is 5.11 Å². The van der Waals surface area contributed by atoms with Crippen molar-refractivity contribution >= 4 is 0 Å². The lowest BCUT2D eigenvalue weighted by molar-refractivity contribution is -0.154. The van der Waals surface area contributed by atoms with Crippen LogP contribution < -0.4 is 0 Å². The van der Waals surface area contributed by atoms with Gasteiger partial charge in [0.25, 0.3) is 0 Å². The van der Waals surface area contributed by atoms with Crippen LogP contribution in [0.1, 0.15) is 39.5 Å². The Bertz CT molecular complexity index is 261. The van der Waals surface area contributed by atoms with Crippen molar-refractivity contribution in [2.45, 2.75) is 51.7 Å². The van der Waals surface area contributed by atoms with Gasteiger partial charge in [0.1, 0.15) is 0 Å². The molecule has 112 valence electrons. The van der Waals surface area contributed by atoms with Gasteiger partial charge in [0.2, 0.25) is 0 Å². The number of likely N-dealkylation sites (tertiary alicyclic amines) is 1. The smallest absolute Gasteiger partial charge is 0.0579 e. The van der Waals surface area contributed by atoms with Crippen LogP contribution in [0.5, 0.6) is 0 Å². The Hall–Kier alpha value is -0.160. The molecule has 0 bridgehead atoms. The molecule has 2 aliphatic rings. The third kappa shape index (κ3) is 4.15. The Morgan fingerprint density at radius 2 is 2.16 bits per heavy atom. The van der Waals surface area contributed by atoms with Gasteiger partial charge in [0, 0.05) is 19.2 Å². The lowest BCUT2D eigenvalue weighted by Gasteiger charge is -2.46. The molecule has 2 rings (SSSR count). The molecule has 0 aromatic carbocycles. The molecule has 0 spiro atoms. The van der Waals surface area contributed by atoms with Gasteiger partial charge in [0.15, 0.2) is 0 Å². The van der Waals surface area contributed by atoms with Gasteiger partial charge >= 0.3 is 0 Å². The van der Waals surface area contributed by atoms with E-state index in [1.165, 1.54) is 19.3 Å². The van der Waals surface area contributed by atoms with Crippen LogP contribution in [0.4, 0.5) is 0 Å². The van der Waals surface area contributed by atoms with Gasteiger partial charge in [-0.2, -0.15) is 0 Å². The summed E-state index contributed by atoms with van der Waals surface area (Å²) < 4.78 is 11.0. The summed E-state index contributed by atoms with van der Waals surface area (Å²) in [5.74, 6) is 0.